The van der Waals surface area contributed by atoms with E-state index in [1.807, 2.05) is 57.0 Å². The molecule has 1 amide bonds. The third-order valence-corrected chi connectivity index (χ3v) is 7.53. The molecule has 0 spiro atoms. The molecular formula is C22H25N3O2S2. The van der Waals surface area contributed by atoms with Crippen molar-refractivity contribution in [3.05, 3.63) is 50.4 Å². The topological polar surface area (TPSA) is 55.3 Å². The normalized spacial score (nSPS) is 15.8. The Bertz CT molecular complexity index is 1020. The molecule has 0 bridgehead atoms. The second kappa shape index (κ2) is 8.24. The van der Waals surface area contributed by atoms with Crippen molar-refractivity contribution < 1.29 is 9.53 Å². The summed E-state index contributed by atoms with van der Waals surface area (Å²) < 4.78 is 5.51. The molecule has 7 heteroatoms. The Kier molecular flexibility index (Phi) is 5.69. The molecular weight excluding hydrogens is 402 g/mol. The van der Waals surface area contributed by atoms with E-state index in [0.717, 1.165) is 46.3 Å². The maximum atomic E-state index is 13.3. The van der Waals surface area contributed by atoms with Gasteiger partial charge in [-0.2, -0.15) is 0 Å². The van der Waals surface area contributed by atoms with Crippen LogP contribution in [0.5, 0.6) is 5.75 Å². The van der Waals surface area contributed by atoms with Crippen LogP contribution in [0.2, 0.25) is 0 Å². The minimum Gasteiger partial charge on any atom is -0.494 e. The Morgan fingerprint density at radius 3 is 2.69 bits per heavy atom. The van der Waals surface area contributed by atoms with Crippen LogP contribution >= 0.6 is 22.7 Å². The average molecular weight is 428 g/mol. The highest BCUT2D eigenvalue weighted by molar-refractivity contribution is 7.17. The molecule has 0 saturated carbocycles. The minimum absolute atomic E-state index is 0.0427. The van der Waals surface area contributed by atoms with Crippen molar-refractivity contribution in [3.8, 4) is 16.3 Å². The first-order valence-electron chi connectivity index (χ1n) is 9.92. The Morgan fingerprint density at radius 1 is 1.21 bits per heavy atom. The van der Waals surface area contributed by atoms with E-state index in [1.54, 1.807) is 11.3 Å². The van der Waals surface area contributed by atoms with Gasteiger partial charge in [0, 0.05) is 12.6 Å². The number of ether oxygens (including phenoxy) is 1. The van der Waals surface area contributed by atoms with Crippen LogP contribution in [0.15, 0.2) is 24.3 Å². The third kappa shape index (κ3) is 3.94. The van der Waals surface area contributed by atoms with Gasteiger partial charge in [-0.15, -0.1) is 22.7 Å². The summed E-state index contributed by atoms with van der Waals surface area (Å²) in [6, 6.07) is 7.98. The average Bonchev–Trinajstić information content (AvgIpc) is 3.29. The van der Waals surface area contributed by atoms with Crippen LogP contribution in [-0.4, -0.2) is 34.4 Å². The first kappa shape index (κ1) is 20.0. The summed E-state index contributed by atoms with van der Waals surface area (Å²) >= 11 is 3.19. The highest BCUT2D eigenvalue weighted by Gasteiger charge is 2.31. The van der Waals surface area contributed by atoms with Gasteiger partial charge in [0.15, 0.2) is 0 Å². The number of carbonyl (C=O) groups excluding carboxylic acids is 1. The van der Waals surface area contributed by atoms with Crippen LogP contribution in [-0.2, 0) is 6.42 Å². The number of hydrogen-bond acceptors (Lipinski definition) is 6. The van der Waals surface area contributed by atoms with Gasteiger partial charge in [-0.05, 0) is 64.3 Å². The zero-order valence-electron chi connectivity index (χ0n) is 17.2. The Balaban J connectivity index is 1.58. The number of aromatic nitrogens is 2. The van der Waals surface area contributed by atoms with Gasteiger partial charge >= 0.3 is 0 Å². The number of benzene rings is 1. The Labute approximate surface area is 179 Å². The lowest BCUT2D eigenvalue weighted by atomic mass is 9.97. The first-order valence-corrected chi connectivity index (χ1v) is 11.5. The van der Waals surface area contributed by atoms with Crippen LogP contribution in [0.4, 0.5) is 0 Å². The monoisotopic (exact) mass is 427 g/mol. The molecule has 0 saturated heterocycles. The molecule has 2 heterocycles. The molecule has 4 rings (SSSR count). The lowest BCUT2D eigenvalue weighted by Crippen LogP contribution is -2.32. The van der Waals surface area contributed by atoms with Gasteiger partial charge < -0.3 is 9.64 Å². The maximum absolute atomic E-state index is 13.3. The second-order valence-corrected chi connectivity index (χ2v) is 9.49. The van der Waals surface area contributed by atoms with E-state index < -0.39 is 0 Å². The maximum Gasteiger partial charge on any atom is 0.266 e. The highest BCUT2D eigenvalue weighted by atomic mass is 32.1. The van der Waals surface area contributed by atoms with E-state index in [2.05, 4.69) is 9.97 Å². The predicted octanol–water partition coefficient (Wildman–Crippen LogP) is 5.43. The zero-order chi connectivity index (χ0) is 20.5. The van der Waals surface area contributed by atoms with Crippen LogP contribution < -0.4 is 4.74 Å². The first-order chi connectivity index (χ1) is 14.0. The molecule has 1 atom stereocenters. The SMILES string of the molecule is CCOc1ccc(-c2nc(C)c(C(=O)N(C)[C@H]3CCCc4nc(C)sc43)s2)cc1. The Hall–Kier alpha value is -2.25. The van der Waals surface area contributed by atoms with Crippen LogP contribution in [0.25, 0.3) is 10.6 Å². The lowest BCUT2D eigenvalue weighted by molar-refractivity contribution is 0.0722. The number of amides is 1. The molecule has 0 aliphatic heterocycles. The minimum atomic E-state index is 0.0427. The quantitative estimate of drug-likeness (QED) is 0.545. The lowest BCUT2D eigenvalue weighted by Gasteiger charge is -2.30. The molecule has 1 aliphatic carbocycles. The standard InChI is InChI=1S/C22H25N3O2S2/c1-5-27-16-11-9-15(10-12-16)21-23-13(2)19(29-21)22(26)25(4)18-8-6-7-17-20(18)28-14(3)24-17/h9-12,18H,5-8H2,1-4H3/t18-/m0/s1. The summed E-state index contributed by atoms with van der Waals surface area (Å²) in [6.45, 7) is 6.56. The molecule has 0 fully saturated rings. The summed E-state index contributed by atoms with van der Waals surface area (Å²) in [7, 11) is 1.91. The molecule has 2 aromatic heterocycles. The van der Waals surface area contributed by atoms with Gasteiger partial charge in [0.05, 0.1) is 33.9 Å². The van der Waals surface area contributed by atoms with Crippen molar-refractivity contribution in [1.29, 1.82) is 0 Å². The predicted molar refractivity (Wildman–Crippen MR) is 118 cm³/mol. The highest BCUT2D eigenvalue weighted by Crippen LogP contribution is 2.39. The van der Waals surface area contributed by atoms with E-state index in [-0.39, 0.29) is 11.9 Å². The molecule has 3 aromatic rings. The third-order valence-electron chi connectivity index (χ3n) is 5.22. The van der Waals surface area contributed by atoms with Crippen molar-refractivity contribution in [3.63, 3.8) is 0 Å². The van der Waals surface area contributed by atoms with E-state index in [0.29, 0.717) is 11.5 Å². The summed E-state index contributed by atoms with van der Waals surface area (Å²) in [6.07, 6.45) is 3.07. The fourth-order valence-electron chi connectivity index (χ4n) is 3.77. The fourth-order valence-corrected chi connectivity index (χ4v) is 5.98. The van der Waals surface area contributed by atoms with E-state index in [9.17, 15) is 4.79 Å². The van der Waals surface area contributed by atoms with Crippen LogP contribution in [0.1, 0.15) is 56.8 Å². The molecule has 152 valence electrons. The number of fused-ring (bicyclic) bond motifs is 1. The second-order valence-electron chi connectivity index (χ2n) is 7.26. The summed E-state index contributed by atoms with van der Waals surface area (Å²) in [5.41, 5.74) is 2.95. The van der Waals surface area contributed by atoms with Gasteiger partial charge in [-0.25, -0.2) is 9.97 Å². The summed E-state index contributed by atoms with van der Waals surface area (Å²) in [5.74, 6) is 0.884. The van der Waals surface area contributed by atoms with Crippen molar-refractivity contribution in [2.75, 3.05) is 13.7 Å². The number of aryl methyl sites for hydroxylation is 3. The summed E-state index contributed by atoms with van der Waals surface area (Å²) in [4.78, 5) is 26.5. The summed E-state index contributed by atoms with van der Waals surface area (Å²) in [5, 5.41) is 1.94. The number of rotatable bonds is 5. The molecule has 0 radical (unpaired) electrons. The molecule has 1 aliphatic rings. The van der Waals surface area contributed by atoms with Gasteiger partial charge in [-0.1, -0.05) is 0 Å². The van der Waals surface area contributed by atoms with Gasteiger partial charge in [0.1, 0.15) is 15.6 Å². The van der Waals surface area contributed by atoms with Crippen LogP contribution in [0.3, 0.4) is 0 Å². The zero-order valence-corrected chi connectivity index (χ0v) is 18.8. The molecule has 29 heavy (non-hydrogen) atoms. The van der Waals surface area contributed by atoms with Crippen molar-refractivity contribution in [2.24, 2.45) is 0 Å². The Morgan fingerprint density at radius 2 is 1.97 bits per heavy atom. The van der Waals surface area contributed by atoms with Crippen molar-refractivity contribution in [1.82, 2.24) is 14.9 Å². The smallest absolute Gasteiger partial charge is 0.266 e. The number of hydrogen-bond donors (Lipinski definition) is 0. The number of thiazole rings is 2. The largest absolute Gasteiger partial charge is 0.494 e. The van der Waals surface area contributed by atoms with Crippen molar-refractivity contribution in [2.45, 2.75) is 46.1 Å². The van der Waals surface area contributed by atoms with E-state index in [4.69, 9.17) is 4.74 Å². The number of carbonyl (C=O) groups is 1. The van der Waals surface area contributed by atoms with Gasteiger partial charge in [0.2, 0.25) is 0 Å². The van der Waals surface area contributed by atoms with Gasteiger partial charge in [0.25, 0.3) is 5.91 Å². The van der Waals surface area contributed by atoms with E-state index >= 15 is 0 Å². The number of nitrogens with zero attached hydrogens (tertiary/aromatic N) is 3. The molecule has 0 unspecified atom stereocenters. The fraction of sp³-hybridized carbons (Fsp3) is 0.409. The van der Waals surface area contributed by atoms with Crippen LogP contribution in [0, 0.1) is 13.8 Å². The molecule has 0 N–H and O–H groups in total. The van der Waals surface area contributed by atoms with E-state index in [1.165, 1.54) is 21.9 Å². The van der Waals surface area contributed by atoms with Crippen molar-refractivity contribution >= 4 is 28.6 Å². The molecule has 1 aromatic carbocycles. The molecule has 5 nitrogen and oxygen atoms in total. The van der Waals surface area contributed by atoms with Gasteiger partial charge in [-0.3, -0.25) is 4.79 Å².